The van der Waals surface area contributed by atoms with Crippen LogP contribution in [0, 0.1) is 0 Å². The number of hydrogen-bond donors (Lipinski definition) is 2. The molecular formula is C11H15NO3. The van der Waals surface area contributed by atoms with E-state index in [2.05, 4.69) is 5.32 Å². The van der Waals surface area contributed by atoms with Crippen LogP contribution in [0.15, 0.2) is 30.3 Å². The highest BCUT2D eigenvalue weighted by molar-refractivity contribution is 5.68. The minimum absolute atomic E-state index is 0.0444. The number of methoxy groups -OCH3 is 1. The Bertz CT molecular complexity index is 300. The Morgan fingerprint density at radius 1 is 1.47 bits per heavy atom. The second-order valence-electron chi connectivity index (χ2n) is 3.26. The van der Waals surface area contributed by atoms with Crippen molar-refractivity contribution in [2.24, 2.45) is 0 Å². The third kappa shape index (κ3) is 4.46. The predicted octanol–water partition coefficient (Wildman–Crippen LogP) is 1.59. The van der Waals surface area contributed by atoms with E-state index in [9.17, 15) is 4.79 Å². The molecule has 1 aromatic carbocycles. The maximum atomic E-state index is 10.6. The van der Waals surface area contributed by atoms with Crippen molar-refractivity contribution in [3.63, 3.8) is 0 Å². The van der Waals surface area contributed by atoms with Gasteiger partial charge in [0.25, 0.3) is 0 Å². The van der Waals surface area contributed by atoms with Gasteiger partial charge in [-0.3, -0.25) is 4.79 Å². The van der Waals surface area contributed by atoms with Gasteiger partial charge in [-0.05, 0) is 12.1 Å². The molecule has 0 spiro atoms. The molecule has 0 bridgehead atoms. The fourth-order valence-corrected chi connectivity index (χ4v) is 1.33. The molecule has 0 amide bonds. The van der Waals surface area contributed by atoms with Crippen molar-refractivity contribution in [1.29, 1.82) is 0 Å². The lowest BCUT2D eigenvalue weighted by molar-refractivity contribution is -0.137. The average molecular weight is 209 g/mol. The zero-order valence-corrected chi connectivity index (χ0v) is 8.64. The SMILES string of the molecule is COCC(CC(=O)O)Nc1ccccc1. The van der Waals surface area contributed by atoms with Gasteiger partial charge in [-0.25, -0.2) is 0 Å². The lowest BCUT2D eigenvalue weighted by Crippen LogP contribution is -2.27. The lowest BCUT2D eigenvalue weighted by Gasteiger charge is -2.16. The van der Waals surface area contributed by atoms with Crippen LogP contribution in [0.5, 0.6) is 0 Å². The number of nitrogens with one attached hydrogen (secondary N) is 1. The van der Waals surface area contributed by atoms with E-state index in [4.69, 9.17) is 9.84 Å². The van der Waals surface area contributed by atoms with Crippen molar-refractivity contribution in [2.75, 3.05) is 19.0 Å². The van der Waals surface area contributed by atoms with Crippen LogP contribution in [-0.4, -0.2) is 30.8 Å². The van der Waals surface area contributed by atoms with Gasteiger partial charge in [0.15, 0.2) is 0 Å². The highest BCUT2D eigenvalue weighted by Crippen LogP contribution is 2.09. The zero-order valence-electron chi connectivity index (χ0n) is 8.64. The monoisotopic (exact) mass is 209 g/mol. The Labute approximate surface area is 88.9 Å². The summed E-state index contributed by atoms with van der Waals surface area (Å²) in [5, 5.41) is 11.8. The topological polar surface area (TPSA) is 58.6 Å². The number of rotatable bonds is 6. The molecule has 0 radical (unpaired) electrons. The summed E-state index contributed by atoms with van der Waals surface area (Å²) in [5.41, 5.74) is 0.904. The van der Waals surface area contributed by atoms with Crippen LogP contribution in [0.2, 0.25) is 0 Å². The standard InChI is InChI=1S/C11H15NO3/c1-15-8-10(7-11(13)14)12-9-5-3-2-4-6-9/h2-6,10,12H,7-8H2,1H3,(H,13,14). The summed E-state index contributed by atoms with van der Waals surface area (Å²) in [7, 11) is 1.56. The Hall–Kier alpha value is -1.55. The highest BCUT2D eigenvalue weighted by Gasteiger charge is 2.12. The van der Waals surface area contributed by atoms with Gasteiger partial charge < -0.3 is 15.2 Å². The highest BCUT2D eigenvalue weighted by atomic mass is 16.5. The number of carboxylic acids is 1. The Morgan fingerprint density at radius 2 is 2.13 bits per heavy atom. The fourth-order valence-electron chi connectivity index (χ4n) is 1.33. The van der Waals surface area contributed by atoms with Crippen LogP contribution in [0.3, 0.4) is 0 Å². The average Bonchev–Trinajstić information content (AvgIpc) is 2.18. The Balaban J connectivity index is 2.54. The predicted molar refractivity (Wildman–Crippen MR) is 58.0 cm³/mol. The van der Waals surface area contributed by atoms with Gasteiger partial charge in [0.2, 0.25) is 0 Å². The molecule has 0 fully saturated rings. The zero-order chi connectivity index (χ0) is 11.1. The molecule has 1 rings (SSSR count). The van der Waals surface area contributed by atoms with Gasteiger partial charge in [0.1, 0.15) is 0 Å². The van der Waals surface area contributed by atoms with Crippen LogP contribution in [0.4, 0.5) is 5.69 Å². The second kappa shape index (κ2) is 6.03. The fraction of sp³-hybridized carbons (Fsp3) is 0.364. The number of benzene rings is 1. The maximum absolute atomic E-state index is 10.6. The normalized spacial score (nSPS) is 12.1. The molecule has 15 heavy (non-hydrogen) atoms. The number of anilines is 1. The largest absolute Gasteiger partial charge is 0.481 e. The van der Waals surface area contributed by atoms with E-state index in [0.717, 1.165) is 5.69 Å². The molecule has 0 saturated heterocycles. The summed E-state index contributed by atoms with van der Waals surface area (Å²) >= 11 is 0. The van der Waals surface area contributed by atoms with Gasteiger partial charge in [0.05, 0.1) is 19.1 Å². The smallest absolute Gasteiger partial charge is 0.305 e. The first-order chi connectivity index (χ1) is 7.22. The molecule has 0 aliphatic carbocycles. The van der Waals surface area contributed by atoms with Crippen LogP contribution < -0.4 is 5.32 Å². The molecule has 0 aliphatic heterocycles. The number of carboxylic acid groups (broad SMARTS) is 1. The molecule has 2 N–H and O–H groups in total. The van der Waals surface area contributed by atoms with Gasteiger partial charge in [0, 0.05) is 12.8 Å². The van der Waals surface area contributed by atoms with Gasteiger partial charge in [-0.15, -0.1) is 0 Å². The van der Waals surface area contributed by atoms with Crippen LogP contribution >= 0.6 is 0 Å². The molecule has 4 heteroatoms. The molecule has 1 aromatic rings. The van der Waals surface area contributed by atoms with E-state index < -0.39 is 5.97 Å². The first-order valence-corrected chi connectivity index (χ1v) is 4.74. The molecule has 0 aliphatic rings. The van der Waals surface area contributed by atoms with Crippen LogP contribution in [-0.2, 0) is 9.53 Å². The summed E-state index contributed by atoms with van der Waals surface area (Å²) in [6.07, 6.45) is 0.0444. The van der Waals surface area contributed by atoms with Gasteiger partial charge in [-0.1, -0.05) is 18.2 Å². The first kappa shape index (κ1) is 11.5. The van der Waals surface area contributed by atoms with Crippen LogP contribution in [0.25, 0.3) is 0 Å². The number of para-hydroxylation sites is 1. The number of ether oxygens (including phenoxy) is 1. The summed E-state index contributed by atoms with van der Waals surface area (Å²) in [5.74, 6) is -0.833. The van der Waals surface area contributed by atoms with Crippen molar-refractivity contribution in [1.82, 2.24) is 0 Å². The summed E-state index contributed by atoms with van der Waals surface area (Å²) < 4.78 is 4.95. The van der Waals surface area contributed by atoms with Crippen LogP contribution in [0.1, 0.15) is 6.42 Å². The molecule has 0 heterocycles. The molecule has 1 unspecified atom stereocenters. The lowest BCUT2D eigenvalue weighted by atomic mass is 10.2. The number of carbonyl (C=O) groups is 1. The van der Waals surface area contributed by atoms with E-state index in [-0.39, 0.29) is 12.5 Å². The molecule has 0 aromatic heterocycles. The minimum atomic E-state index is -0.833. The molecular weight excluding hydrogens is 194 g/mol. The van der Waals surface area contributed by atoms with Crippen molar-refractivity contribution >= 4 is 11.7 Å². The third-order valence-corrected chi connectivity index (χ3v) is 1.93. The third-order valence-electron chi connectivity index (χ3n) is 1.93. The van der Waals surface area contributed by atoms with E-state index in [1.54, 1.807) is 7.11 Å². The molecule has 0 saturated carbocycles. The van der Waals surface area contributed by atoms with Gasteiger partial charge in [-0.2, -0.15) is 0 Å². The second-order valence-corrected chi connectivity index (χ2v) is 3.26. The van der Waals surface area contributed by atoms with Crippen molar-refractivity contribution in [3.05, 3.63) is 30.3 Å². The molecule has 1 atom stereocenters. The van der Waals surface area contributed by atoms with E-state index in [1.807, 2.05) is 30.3 Å². The first-order valence-electron chi connectivity index (χ1n) is 4.74. The Kier molecular flexibility index (Phi) is 4.63. The summed E-state index contributed by atoms with van der Waals surface area (Å²) in [4.78, 5) is 10.6. The van der Waals surface area contributed by atoms with E-state index in [1.165, 1.54) is 0 Å². The van der Waals surface area contributed by atoms with Gasteiger partial charge >= 0.3 is 5.97 Å². The Morgan fingerprint density at radius 3 is 2.67 bits per heavy atom. The van der Waals surface area contributed by atoms with E-state index in [0.29, 0.717) is 6.61 Å². The van der Waals surface area contributed by atoms with Crippen molar-refractivity contribution in [2.45, 2.75) is 12.5 Å². The van der Waals surface area contributed by atoms with Crippen molar-refractivity contribution < 1.29 is 14.6 Å². The van der Waals surface area contributed by atoms with Crippen molar-refractivity contribution in [3.8, 4) is 0 Å². The number of aliphatic carboxylic acids is 1. The maximum Gasteiger partial charge on any atom is 0.305 e. The summed E-state index contributed by atoms with van der Waals surface area (Å²) in [6, 6.07) is 9.29. The molecule has 4 nitrogen and oxygen atoms in total. The number of hydrogen-bond acceptors (Lipinski definition) is 3. The van der Waals surface area contributed by atoms with E-state index >= 15 is 0 Å². The minimum Gasteiger partial charge on any atom is -0.481 e. The quantitative estimate of drug-likeness (QED) is 0.747. The molecule has 82 valence electrons. The summed E-state index contributed by atoms with van der Waals surface area (Å²) in [6.45, 7) is 0.376.